The molecular weight excluding hydrogens is 317 g/mol. The average molecular weight is 329 g/mol. The molecule has 116 valence electrons. The first-order valence-electron chi connectivity index (χ1n) is 6.65. The summed E-state index contributed by atoms with van der Waals surface area (Å²) in [7, 11) is -5.03. The summed E-state index contributed by atoms with van der Waals surface area (Å²) < 4.78 is 32.4. The summed E-state index contributed by atoms with van der Waals surface area (Å²) in [5.41, 5.74) is 7.42. The van der Waals surface area contributed by atoms with Crippen LogP contribution in [0.2, 0.25) is 0 Å². The third-order valence-corrected chi connectivity index (χ3v) is 4.91. The van der Waals surface area contributed by atoms with Crippen molar-refractivity contribution in [3.05, 3.63) is 47.5 Å². The van der Waals surface area contributed by atoms with Gasteiger partial charge in [-0.1, -0.05) is 6.07 Å². The Kier molecular flexibility index (Phi) is 3.73. The van der Waals surface area contributed by atoms with Crippen LogP contribution in [0.3, 0.4) is 0 Å². The maximum absolute atomic E-state index is 12.5. The second kappa shape index (κ2) is 5.59. The number of nitrogen functional groups attached to an aromatic ring is 1. The fraction of sp³-hybridized carbons (Fsp3) is 0.0714. The highest BCUT2D eigenvalue weighted by Crippen LogP contribution is 2.22. The summed E-state index contributed by atoms with van der Waals surface area (Å²) in [5.74, 6) is 0. The molecule has 0 saturated carbocycles. The second-order valence-corrected chi connectivity index (χ2v) is 6.70. The summed E-state index contributed by atoms with van der Waals surface area (Å²) in [6.07, 6.45) is 0. The quantitative estimate of drug-likeness (QED) is 0.544. The zero-order valence-corrected chi connectivity index (χ0v) is 12.7. The van der Waals surface area contributed by atoms with E-state index in [1.54, 1.807) is 12.1 Å². The molecule has 0 radical (unpaired) electrons. The van der Waals surface area contributed by atoms with Crippen LogP contribution >= 0.6 is 0 Å². The molecule has 23 heavy (non-hydrogen) atoms. The zero-order valence-electron chi connectivity index (χ0n) is 11.9. The largest absolute Gasteiger partial charge is 0.491 e. The van der Waals surface area contributed by atoms with E-state index in [2.05, 4.69) is 4.72 Å². The van der Waals surface area contributed by atoms with Crippen LogP contribution in [0.25, 0.3) is 0 Å². The molecule has 0 aliphatic carbocycles. The van der Waals surface area contributed by atoms with Gasteiger partial charge >= 0.3 is 7.12 Å². The predicted molar refractivity (Wildman–Crippen MR) is 85.2 cm³/mol. The van der Waals surface area contributed by atoms with Crippen molar-refractivity contribution in [2.45, 2.75) is 11.5 Å². The number of hydrogen-bond acceptors (Lipinski definition) is 6. The first-order chi connectivity index (χ1) is 10.9. The summed E-state index contributed by atoms with van der Waals surface area (Å²) in [4.78, 5) is -0.161. The van der Waals surface area contributed by atoms with E-state index in [9.17, 15) is 13.4 Å². The lowest BCUT2D eigenvalue weighted by Gasteiger charge is -2.11. The van der Waals surface area contributed by atoms with E-state index in [4.69, 9.17) is 15.6 Å². The number of rotatable bonds is 3. The molecule has 0 spiro atoms. The Morgan fingerprint density at radius 2 is 2.09 bits per heavy atom. The average Bonchev–Trinajstić information content (AvgIpc) is 2.87. The van der Waals surface area contributed by atoms with Crippen molar-refractivity contribution in [1.82, 2.24) is 0 Å². The second-order valence-electron chi connectivity index (χ2n) is 5.05. The molecule has 7 nitrogen and oxygen atoms in total. The Morgan fingerprint density at radius 3 is 2.83 bits per heavy atom. The lowest BCUT2D eigenvalue weighted by atomic mass is 9.79. The van der Waals surface area contributed by atoms with Gasteiger partial charge < -0.3 is 15.4 Å². The van der Waals surface area contributed by atoms with E-state index >= 15 is 0 Å². The molecule has 0 unspecified atom stereocenters. The van der Waals surface area contributed by atoms with Crippen molar-refractivity contribution >= 4 is 34.0 Å². The van der Waals surface area contributed by atoms with Crippen LogP contribution in [0, 0.1) is 11.3 Å². The molecule has 1 aliphatic rings. The Morgan fingerprint density at radius 1 is 1.30 bits per heavy atom. The van der Waals surface area contributed by atoms with Gasteiger partial charge in [-0.05, 0) is 41.4 Å². The van der Waals surface area contributed by atoms with Gasteiger partial charge in [-0.3, -0.25) is 4.72 Å². The van der Waals surface area contributed by atoms with Gasteiger partial charge in [0.2, 0.25) is 0 Å². The van der Waals surface area contributed by atoms with Crippen LogP contribution in [0.1, 0.15) is 11.1 Å². The predicted octanol–water partition coefficient (Wildman–Crippen LogP) is 0.159. The van der Waals surface area contributed by atoms with Gasteiger partial charge in [-0.15, -0.1) is 0 Å². The van der Waals surface area contributed by atoms with Crippen LogP contribution in [0.5, 0.6) is 0 Å². The number of nitrogens with two attached hydrogens (primary N) is 1. The van der Waals surface area contributed by atoms with E-state index in [0.29, 0.717) is 11.2 Å². The summed E-state index contributed by atoms with van der Waals surface area (Å²) >= 11 is 0. The van der Waals surface area contributed by atoms with Crippen LogP contribution in [0.15, 0.2) is 41.3 Å². The maximum atomic E-state index is 12.5. The van der Waals surface area contributed by atoms with E-state index in [1.807, 2.05) is 6.07 Å². The zero-order chi connectivity index (χ0) is 16.6. The van der Waals surface area contributed by atoms with Gasteiger partial charge in [-0.25, -0.2) is 8.42 Å². The molecule has 0 amide bonds. The first-order valence-corrected chi connectivity index (χ1v) is 8.14. The monoisotopic (exact) mass is 329 g/mol. The van der Waals surface area contributed by atoms with Gasteiger partial charge in [0.05, 0.1) is 12.2 Å². The molecule has 4 N–H and O–H groups in total. The summed E-state index contributed by atoms with van der Waals surface area (Å²) in [6.45, 7) is 0.278. The normalized spacial score (nSPS) is 13.5. The molecule has 0 aromatic heterocycles. The number of nitrogens with zero attached hydrogens (tertiary/aromatic N) is 1. The number of anilines is 2. The number of nitrogens with one attached hydrogen (secondary N) is 1. The minimum Gasteiger partial charge on any atom is -0.423 e. The first kappa shape index (κ1) is 15.4. The SMILES string of the molecule is N#Cc1cc(N)ccc1S(=O)(=O)Nc1ccc2c(c1)B(O)OC2. The summed E-state index contributed by atoms with van der Waals surface area (Å²) in [6, 6.07) is 10.6. The highest BCUT2D eigenvalue weighted by molar-refractivity contribution is 7.92. The lowest BCUT2D eigenvalue weighted by Crippen LogP contribution is -2.28. The fourth-order valence-corrected chi connectivity index (χ4v) is 3.55. The smallest absolute Gasteiger partial charge is 0.423 e. The van der Waals surface area contributed by atoms with E-state index in [0.717, 1.165) is 5.56 Å². The number of benzene rings is 2. The summed E-state index contributed by atoms with van der Waals surface area (Å²) in [5, 5.41) is 18.8. The lowest BCUT2D eigenvalue weighted by molar-refractivity contribution is 0.275. The van der Waals surface area contributed by atoms with E-state index < -0.39 is 17.1 Å². The van der Waals surface area contributed by atoms with Crippen molar-refractivity contribution in [3.63, 3.8) is 0 Å². The molecule has 3 rings (SSSR count). The minimum atomic E-state index is -3.96. The fourth-order valence-electron chi connectivity index (χ4n) is 2.36. The minimum absolute atomic E-state index is 0.0398. The van der Waals surface area contributed by atoms with Crippen LogP contribution < -0.4 is 15.9 Å². The molecule has 0 saturated heterocycles. The van der Waals surface area contributed by atoms with Gasteiger partial charge in [0.25, 0.3) is 10.0 Å². The molecule has 1 heterocycles. The van der Waals surface area contributed by atoms with Crippen LogP contribution in [0.4, 0.5) is 11.4 Å². The Bertz CT molecular complexity index is 924. The number of nitriles is 1. The van der Waals surface area contributed by atoms with Crippen LogP contribution in [-0.4, -0.2) is 20.6 Å². The van der Waals surface area contributed by atoms with E-state index in [-0.39, 0.29) is 22.8 Å². The number of sulfonamides is 1. The number of fused-ring (bicyclic) bond motifs is 1. The van der Waals surface area contributed by atoms with Crippen molar-refractivity contribution < 1.29 is 18.1 Å². The van der Waals surface area contributed by atoms with Crippen LogP contribution in [-0.2, 0) is 21.3 Å². The highest BCUT2D eigenvalue weighted by atomic mass is 32.2. The Labute approximate surface area is 133 Å². The molecule has 2 aromatic carbocycles. The molecule has 0 bridgehead atoms. The standard InChI is InChI=1S/C14H12BN3O4S/c16-7-10-5-11(17)2-4-14(10)23(20,21)18-12-3-1-9-8-22-15(19)13(9)6-12/h1-6,18-19H,8,17H2. The van der Waals surface area contributed by atoms with Gasteiger partial charge in [0.1, 0.15) is 11.0 Å². The molecule has 1 aliphatic heterocycles. The third-order valence-electron chi connectivity index (χ3n) is 3.47. The van der Waals surface area contributed by atoms with E-state index in [1.165, 1.54) is 24.3 Å². The Balaban J connectivity index is 1.97. The molecule has 0 fully saturated rings. The number of hydrogen-bond donors (Lipinski definition) is 3. The van der Waals surface area contributed by atoms with Crippen molar-refractivity contribution in [3.8, 4) is 6.07 Å². The van der Waals surface area contributed by atoms with Gasteiger partial charge in [0, 0.05) is 11.4 Å². The van der Waals surface area contributed by atoms with Crippen molar-refractivity contribution in [1.29, 1.82) is 5.26 Å². The molecular formula is C14H12BN3O4S. The van der Waals surface area contributed by atoms with Gasteiger partial charge in [0.15, 0.2) is 0 Å². The highest BCUT2D eigenvalue weighted by Gasteiger charge is 2.28. The van der Waals surface area contributed by atoms with Crippen molar-refractivity contribution in [2.75, 3.05) is 10.5 Å². The van der Waals surface area contributed by atoms with Crippen molar-refractivity contribution in [2.24, 2.45) is 0 Å². The maximum Gasteiger partial charge on any atom is 0.491 e. The molecule has 9 heteroatoms. The molecule has 2 aromatic rings. The molecule has 0 atom stereocenters. The van der Waals surface area contributed by atoms with Gasteiger partial charge in [-0.2, -0.15) is 5.26 Å². The topological polar surface area (TPSA) is 125 Å². The third kappa shape index (κ3) is 2.87. The Hall–Kier alpha value is -2.54.